The highest BCUT2D eigenvalue weighted by atomic mass is 16.3. The molecule has 0 radical (unpaired) electrons. The van der Waals surface area contributed by atoms with E-state index in [4.69, 9.17) is 15.4 Å². The molecule has 24 heavy (non-hydrogen) atoms. The minimum atomic E-state index is -0.618. The van der Waals surface area contributed by atoms with Crippen LogP contribution in [-0.4, -0.2) is 0 Å². The van der Waals surface area contributed by atoms with Crippen LogP contribution < -0.4 is 5.32 Å². The third-order valence-corrected chi connectivity index (χ3v) is 3.66. The third-order valence-electron chi connectivity index (χ3n) is 3.66. The van der Waals surface area contributed by atoms with E-state index in [2.05, 4.69) is 5.32 Å². The van der Waals surface area contributed by atoms with Gasteiger partial charge in [0.05, 0.1) is 15.3 Å². The normalized spacial score (nSPS) is 17.2. The number of nitrogens with one attached hydrogen (secondary N) is 1. The largest absolute Gasteiger partial charge is 0.462 e. The summed E-state index contributed by atoms with van der Waals surface area (Å²) in [6.07, 6.45) is -0.413. The quantitative estimate of drug-likeness (QED) is 0.561. The molecule has 0 atom stereocenters. The Morgan fingerprint density at radius 2 is 1.42 bits per heavy atom. The number of hydrogen-bond acceptors (Lipinski definition) is 2. The summed E-state index contributed by atoms with van der Waals surface area (Å²) in [6.45, 7) is 10.9. The fourth-order valence-corrected chi connectivity index (χ4v) is 2.14. The van der Waals surface area contributed by atoms with Crippen molar-refractivity contribution < 1.29 is 15.4 Å². The Bertz CT molecular complexity index is 1220. The van der Waals surface area contributed by atoms with Gasteiger partial charge in [0.2, 0.25) is 0 Å². The number of fused-ring (bicyclic) bond motifs is 1. The van der Waals surface area contributed by atoms with Gasteiger partial charge >= 0.3 is 0 Å². The predicted molar refractivity (Wildman–Crippen MR) is 103 cm³/mol. The monoisotopic (exact) mass is 329 g/mol. The van der Waals surface area contributed by atoms with E-state index in [1.54, 1.807) is 0 Å². The van der Waals surface area contributed by atoms with Crippen molar-refractivity contribution in [1.82, 2.24) is 0 Å². The second-order valence-corrected chi connectivity index (χ2v) is 7.91. The van der Waals surface area contributed by atoms with E-state index in [1.807, 2.05) is 41.5 Å². The first kappa shape index (κ1) is 9.31. The zero-order valence-electron chi connectivity index (χ0n) is 22.9. The van der Waals surface area contributed by atoms with E-state index in [0.717, 1.165) is 0 Å². The molecule has 0 amide bonds. The Kier molecular flexibility index (Phi) is 2.21. The zero-order chi connectivity index (χ0) is 24.5. The van der Waals surface area contributed by atoms with Gasteiger partial charge in [0.15, 0.2) is 0 Å². The molecule has 2 heteroatoms. The smallest absolute Gasteiger partial charge is 0.136 e. The summed E-state index contributed by atoms with van der Waals surface area (Å²) in [7, 11) is 0. The Balaban J connectivity index is 2.35. The van der Waals surface area contributed by atoms with Crippen LogP contribution in [0.1, 0.15) is 63.6 Å². The van der Waals surface area contributed by atoms with Gasteiger partial charge in [0, 0.05) is 11.1 Å². The molecule has 0 aliphatic rings. The molecule has 0 fully saturated rings. The summed E-state index contributed by atoms with van der Waals surface area (Å²) < 4.78 is 72.7. The number of furan rings is 1. The zero-order valence-corrected chi connectivity index (χ0v) is 14.9. The highest BCUT2D eigenvalue weighted by molar-refractivity contribution is 5.93. The van der Waals surface area contributed by atoms with E-state index in [1.165, 1.54) is 0 Å². The lowest BCUT2D eigenvalue weighted by Gasteiger charge is -2.19. The van der Waals surface area contributed by atoms with E-state index in [-0.39, 0.29) is 70.2 Å². The molecule has 0 spiro atoms. The minimum absolute atomic E-state index is 0.0201. The van der Waals surface area contributed by atoms with Crippen LogP contribution in [0.3, 0.4) is 0 Å². The maximum atomic E-state index is 8.71. The Morgan fingerprint density at radius 1 is 0.833 bits per heavy atom. The molecule has 0 aliphatic heterocycles. The van der Waals surface area contributed by atoms with E-state index in [0.29, 0.717) is 5.56 Å². The van der Waals surface area contributed by atoms with Gasteiger partial charge in [-0.2, -0.15) is 0 Å². The molecule has 126 valence electrons. The summed E-state index contributed by atoms with van der Waals surface area (Å²) in [5.74, 6) is 0. The van der Waals surface area contributed by atoms with Crippen LogP contribution in [0.4, 0.5) is 11.4 Å². The molecule has 3 aromatic rings. The van der Waals surface area contributed by atoms with Crippen LogP contribution in [0.15, 0.2) is 53.0 Å². The summed E-state index contributed by atoms with van der Waals surface area (Å²) in [5.41, 5.74) is -0.876. The van der Waals surface area contributed by atoms with Crippen LogP contribution >= 0.6 is 0 Å². The second kappa shape index (κ2) is 5.70. The molecule has 3 rings (SSSR count). The summed E-state index contributed by atoms with van der Waals surface area (Å²) in [4.78, 5) is 0. The number of benzene rings is 2. The van der Waals surface area contributed by atoms with Gasteiger partial charge in [-0.05, 0) is 46.1 Å². The standard InChI is InChI=1S/C22H27NO/c1-21(2,3)15-7-10-17(11-8-15)23-19-14-24-20-12-9-16(13-18(19)20)22(4,5)6/h7-14,23H,1-6H3/i7D,8D,9D,10D,11D,12D,13D,14D. The van der Waals surface area contributed by atoms with E-state index >= 15 is 0 Å². The van der Waals surface area contributed by atoms with Gasteiger partial charge in [-0.3, -0.25) is 0 Å². The Labute approximate surface area is 156 Å². The van der Waals surface area contributed by atoms with Crippen molar-refractivity contribution in [3.05, 3.63) is 59.7 Å². The van der Waals surface area contributed by atoms with Crippen molar-refractivity contribution in [1.29, 1.82) is 0 Å². The molecular weight excluding hydrogens is 294 g/mol. The summed E-state index contributed by atoms with van der Waals surface area (Å²) in [6, 6.07) is -1.42. The maximum Gasteiger partial charge on any atom is 0.136 e. The molecule has 1 aromatic heterocycles. The second-order valence-electron chi connectivity index (χ2n) is 7.91. The van der Waals surface area contributed by atoms with Gasteiger partial charge in [-0.25, -0.2) is 0 Å². The summed E-state index contributed by atoms with van der Waals surface area (Å²) >= 11 is 0. The lowest BCUT2D eigenvalue weighted by molar-refractivity contribution is 0.589. The van der Waals surface area contributed by atoms with Crippen molar-refractivity contribution in [2.75, 3.05) is 5.32 Å². The molecule has 0 saturated heterocycles. The fraction of sp³-hybridized carbons (Fsp3) is 0.364. The molecule has 0 bridgehead atoms. The average molecular weight is 330 g/mol. The van der Waals surface area contributed by atoms with Gasteiger partial charge in [-0.15, -0.1) is 0 Å². The van der Waals surface area contributed by atoms with Crippen molar-refractivity contribution in [3.63, 3.8) is 0 Å². The Morgan fingerprint density at radius 3 is 2.00 bits per heavy atom. The van der Waals surface area contributed by atoms with Crippen molar-refractivity contribution in [2.24, 2.45) is 0 Å². The van der Waals surface area contributed by atoms with Gasteiger partial charge in [0.25, 0.3) is 0 Å². The van der Waals surface area contributed by atoms with Gasteiger partial charge < -0.3 is 9.73 Å². The molecule has 2 aromatic carbocycles. The van der Waals surface area contributed by atoms with Gasteiger partial charge in [-0.1, -0.05) is 59.7 Å². The van der Waals surface area contributed by atoms with Crippen LogP contribution in [-0.2, 0) is 10.8 Å². The molecule has 0 saturated carbocycles. The van der Waals surface area contributed by atoms with E-state index < -0.39 is 17.1 Å². The predicted octanol–water partition coefficient (Wildman–Crippen LogP) is 6.77. The molecular formula is C22H27NO. The summed E-state index contributed by atoms with van der Waals surface area (Å²) in [5, 5.41) is 2.91. The molecule has 0 aliphatic carbocycles. The topological polar surface area (TPSA) is 25.2 Å². The highest BCUT2D eigenvalue weighted by Gasteiger charge is 2.16. The van der Waals surface area contributed by atoms with Crippen LogP contribution in [0.5, 0.6) is 0 Å². The number of hydrogen-bond donors (Lipinski definition) is 1. The fourth-order valence-electron chi connectivity index (χ4n) is 2.14. The molecule has 1 heterocycles. The number of anilines is 2. The SMILES string of the molecule is [2H]c1oc2c([2H])c([2H])c(C(C)(C)C)c([2H])c2c1Nc1c([2H])c([2H])c(C(C)(C)C)c([2H])c1[2H]. The van der Waals surface area contributed by atoms with Crippen LogP contribution in [0, 0.1) is 0 Å². The lowest BCUT2D eigenvalue weighted by Crippen LogP contribution is -2.10. The van der Waals surface area contributed by atoms with Crippen molar-refractivity contribution in [3.8, 4) is 0 Å². The van der Waals surface area contributed by atoms with Crippen LogP contribution in [0.2, 0.25) is 0 Å². The van der Waals surface area contributed by atoms with Crippen molar-refractivity contribution in [2.45, 2.75) is 52.4 Å². The Hall–Kier alpha value is -2.22. The van der Waals surface area contributed by atoms with Crippen LogP contribution in [0.25, 0.3) is 11.0 Å². The average Bonchev–Trinajstić information content (AvgIpc) is 2.96. The van der Waals surface area contributed by atoms with Crippen molar-refractivity contribution >= 4 is 22.3 Å². The first-order valence-electron chi connectivity index (χ1n) is 11.9. The first-order chi connectivity index (χ1) is 14.5. The molecule has 2 nitrogen and oxygen atoms in total. The maximum absolute atomic E-state index is 8.71. The third kappa shape index (κ3) is 3.33. The number of rotatable bonds is 2. The minimum Gasteiger partial charge on any atom is -0.462 e. The molecule has 1 N–H and O–H groups in total. The highest BCUT2D eigenvalue weighted by Crippen LogP contribution is 2.33. The molecule has 0 unspecified atom stereocenters. The first-order valence-corrected chi connectivity index (χ1v) is 7.91. The van der Waals surface area contributed by atoms with Gasteiger partial charge in [0.1, 0.15) is 13.2 Å². The lowest BCUT2D eigenvalue weighted by atomic mass is 9.86. The van der Waals surface area contributed by atoms with E-state index in [9.17, 15) is 0 Å².